The lowest BCUT2D eigenvalue weighted by Crippen LogP contribution is -2.22. The molecule has 0 bridgehead atoms. The van der Waals surface area contributed by atoms with Gasteiger partial charge >= 0.3 is 0 Å². The molecule has 0 heterocycles. The third-order valence-corrected chi connectivity index (χ3v) is 2.83. The predicted octanol–water partition coefficient (Wildman–Crippen LogP) is 3.54. The zero-order valence-electron chi connectivity index (χ0n) is 11.6. The maximum absolute atomic E-state index is 13.6. The van der Waals surface area contributed by atoms with E-state index in [0.717, 1.165) is 19.0 Å². The lowest BCUT2D eigenvalue weighted by Gasteiger charge is -2.09. The monoisotopic (exact) mass is 253 g/mol. The summed E-state index contributed by atoms with van der Waals surface area (Å²) in [7, 11) is 0. The fraction of sp³-hybridized carbons (Fsp3) is 0.600. The van der Waals surface area contributed by atoms with E-state index in [1.807, 2.05) is 6.07 Å². The fourth-order valence-electron chi connectivity index (χ4n) is 1.73. The topological polar surface area (TPSA) is 21.3 Å². The first kappa shape index (κ1) is 15.0. The molecular weight excluding hydrogens is 229 g/mol. The summed E-state index contributed by atoms with van der Waals surface area (Å²) in [5.41, 5.74) is 0.623. The molecule has 0 saturated carbocycles. The summed E-state index contributed by atoms with van der Waals surface area (Å²) >= 11 is 0. The quantitative estimate of drug-likeness (QED) is 0.715. The van der Waals surface area contributed by atoms with Gasteiger partial charge in [-0.3, -0.25) is 0 Å². The van der Waals surface area contributed by atoms with Gasteiger partial charge in [0.1, 0.15) is 6.61 Å². The lowest BCUT2D eigenvalue weighted by atomic mass is 10.1. The van der Waals surface area contributed by atoms with Crippen LogP contribution in [0.15, 0.2) is 18.2 Å². The lowest BCUT2D eigenvalue weighted by molar-refractivity contribution is 0.297. The van der Waals surface area contributed by atoms with E-state index < -0.39 is 0 Å². The molecule has 18 heavy (non-hydrogen) atoms. The summed E-state index contributed by atoms with van der Waals surface area (Å²) in [6.07, 6.45) is 2.41. The number of hydrogen-bond donors (Lipinski definition) is 1. The first-order valence-corrected chi connectivity index (χ1v) is 6.70. The van der Waals surface area contributed by atoms with Crippen LogP contribution in [0.5, 0.6) is 5.75 Å². The first-order chi connectivity index (χ1) is 8.61. The van der Waals surface area contributed by atoms with Crippen molar-refractivity contribution in [2.75, 3.05) is 19.7 Å². The number of halogens is 1. The van der Waals surface area contributed by atoms with E-state index in [0.29, 0.717) is 17.9 Å². The molecule has 0 unspecified atom stereocenters. The van der Waals surface area contributed by atoms with Crippen LogP contribution < -0.4 is 10.1 Å². The van der Waals surface area contributed by atoms with E-state index in [2.05, 4.69) is 19.2 Å². The second kappa shape index (κ2) is 8.09. The van der Waals surface area contributed by atoms with E-state index in [1.54, 1.807) is 19.1 Å². The molecule has 0 atom stereocenters. The van der Waals surface area contributed by atoms with Crippen molar-refractivity contribution in [3.63, 3.8) is 0 Å². The van der Waals surface area contributed by atoms with Crippen LogP contribution in [0.25, 0.3) is 0 Å². The van der Waals surface area contributed by atoms with Gasteiger partial charge in [-0.1, -0.05) is 26.0 Å². The Labute approximate surface area is 110 Å². The van der Waals surface area contributed by atoms with Crippen molar-refractivity contribution >= 4 is 0 Å². The normalized spacial score (nSPS) is 10.9. The Balaban J connectivity index is 2.13. The molecule has 0 fully saturated rings. The minimum absolute atomic E-state index is 0.252. The van der Waals surface area contributed by atoms with Gasteiger partial charge in [-0.2, -0.15) is 0 Å². The van der Waals surface area contributed by atoms with Crippen molar-refractivity contribution < 1.29 is 9.13 Å². The summed E-state index contributed by atoms with van der Waals surface area (Å²) in [5, 5.41) is 3.30. The van der Waals surface area contributed by atoms with Gasteiger partial charge in [-0.05, 0) is 43.9 Å². The standard InChI is InChI=1S/C15H24FNO/c1-12(2)6-5-9-17-10-11-18-14-8-4-7-13(3)15(14)16/h4,7-8,12,17H,5-6,9-11H2,1-3H3. The minimum atomic E-state index is -0.252. The summed E-state index contributed by atoms with van der Waals surface area (Å²) in [6.45, 7) is 8.45. The molecule has 1 aromatic rings. The molecule has 0 amide bonds. The molecule has 0 aliphatic rings. The Morgan fingerprint density at radius 1 is 1.28 bits per heavy atom. The molecule has 0 aliphatic carbocycles. The van der Waals surface area contributed by atoms with Crippen LogP contribution in [0.4, 0.5) is 4.39 Å². The van der Waals surface area contributed by atoms with Crippen LogP contribution in [-0.4, -0.2) is 19.7 Å². The Morgan fingerprint density at radius 3 is 2.78 bits per heavy atom. The van der Waals surface area contributed by atoms with Gasteiger partial charge in [0.25, 0.3) is 0 Å². The van der Waals surface area contributed by atoms with Gasteiger partial charge in [-0.15, -0.1) is 0 Å². The van der Waals surface area contributed by atoms with Gasteiger partial charge in [-0.25, -0.2) is 4.39 Å². The largest absolute Gasteiger partial charge is 0.489 e. The highest BCUT2D eigenvalue weighted by Gasteiger charge is 2.04. The highest BCUT2D eigenvalue weighted by atomic mass is 19.1. The maximum atomic E-state index is 13.6. The summed E-state index contributed by atoms with van der Waals surface area (Å²) in [6, 6.07) is 5.22. The molecule has 0 aliphatic heterocycles. The highest BCUT2D eigenvalue weighted by Crippen LogP contribution is 2.19. The van der Waals surface area contributed by atoms with Gasteiger partial charge < -0.3 is 10.1 Å². The number of rotatable bonds is 8. The van der Waals surface area contributed by atoms with Gasteiger partial charge in [0.15, 0.2) is 11.6 Å². The average molecular weight is 253 g/mol. The molecule has 0 saturated heterocycles. The van der Waals surface area contributed by atoms with Crippen molar-refractivity contribution in [1.29, 1.82) is 0 Å². The van der Waals surface area contributed by atoms with Crippen LogP contribution in [0.1, 0.15) is 32.3 Å². The molecule has 1 rings (SSSR count). The van der Waals surface area contributed by atoms with Gasteiger partial charge in [0, 0.05) is 6.54 Å². The highest BCUT2D eigenvalue weighted by molar-refractivity contribution is 5.29. The summed E-state index contributed by atoms with van der Waals surface area (Å²) in [4.78, 5) is 0. The minimum Gasteiger partial charge on any atom is -0.489 e. The Bertz CT molecular complexity index is 352. The van der Waals surface area contributed by atoms with Crippen LogP contribution in [0.3, 0.4) is 0 Å². The molecule has 1 N–H and O–H groups in total. The third-order valence-electron chi connectivity index (χ3n) is 2.83. The molecule has 1 aromatic carbocycles. The van der Waals surface area contributed by atoms with E-state index in [-0.39, 0.29) is 5.82 Å². The second-order valence-corrected chi connectivity index (χ2v) is 5.02. The van der Waals surface area contributed by atoms with E-state index in [9.17, 15) is 4.39 Å². The average Bonchev–Trinajstić information content (AvgIpc) is 2.32. The number of hydrogen-bond acceptors (Lipinski definition) is 2. The Hall–Kier alpha value is -1.09. The second-order valence-electron chi connectivity index (χ2n) is 5.02. The predicted molar refractivity (Wildman–Crippen MR) is 73.6 cm³/mol. The Morgan fingerprint density at radius 2 is 2.06 bits per heavy atom. The SMILES string of the molecule is Cc1cccc(OCCNCCCC(C)C)c1F. The summed E-state index contributed by atoms with van der Waals surface area (Å²) in [5.74, 6) is 0.848. The first-order valence-electron chi connectivity index (χ1n) is 6.70. The van der Waals surface area contributed by atoms with Gasteiger partial charge in [0.05, 0.1) is 0 Å². The fourth-order valence-corrected chi connectivity index (χ4v) is 1.73. The number of ether oxygens (including phenoxy) is 1. The van der Waals surface area contributed by atoms with Crippen molar-refractivity contribution in [2.24, 2.45) is 5.92 Å². The molecule has 2 nitrogen and oxygen atoms in total. The zero-order valence-corrected chi connectivity index (χ0v) is 11.6. The number of benzene rings is 1. The molecule has 0 radical (unpaired) electrons. The third kappa shape index (κ3) is 5.50. The van der Waals surface area contributed by atoms with E-state index in [1.165, 1.54) is 12.8 Å². The van der Waals surface area contributed by atoms with Crippen molar-refractivity contribution in [2.45, 2.75) is 33.6 Å². The molecule has 3 heteroatoms. The molecular formula is C15H24FNO. The van der Waals surface area contributed by atoms with Crippen molar-refractivity contribution in [1.82, 2.24) is 5.32 Å². The van der Waals surface area contributed by atoms with Crippen LogP contribution in [0.2, 0.25) is 0 Å². The Kier molecular flexibility index (Phi) is 6.73. The van der Waals surface area contributed by atoms with E-state index in [4.69, 9.17) is 4.74 Å². The van der Waals surface area contributed by atoms with Crippen molar-refractivity contribution in [3.8, 4) is 5.75 Å². The van der Waals surface area contributed by atoms with Gasteiger partial charge in [0.2, 0.25) is 0 Å². The van der Waals surface area contributed by atoms with E-state index >= 15 is 0 Å². The van der Waals surface area contributed by atoms with Crippen LogP contribution >= 0.6 is 0 Å². The van der Waals surface area contributed by atoms with Crippen molar-refractivity contribution in [3.05, 3.63) is 29.6 Å². The number of aryl methyl sites for hydroxylation is 1. The number of nitrogens with one attached hydrogen (secondary N) is 1. The van der Waals surface area contributed by atoms with Crippen LogP contribution in [0, 0.1) is 18.7 Å². The molecule has 0 aromatic heterocycles. The maximum Gasteiger partial charge on any atom is 0.167 e. The van der Waals surface area contributed by atoms with Crippen LogP contribution in [-0.2, 0) is 0 Å². The smallest absolute Gasteiger partial charge is 0.167 e. The summed E-state index contributed by atoms with van der Waals surface area (Å²) < 4.78 is 19.0. The zero-order chi connectivity index (χ0) is 13.4. The molecule has 0 spiro atoms. The molecule has 102 valence electrons.